The van der Waals surface area contributed by atoms with E-state index in [4.69, 9.17) is 28.4 Å². The van der Waals surface area contributed by atoms with Crippen molar-refractivity contribution in [1.29, 1.82) is 0 Å². The minimum absolute atomic E-state index is 0.229. The van der Waals surface area contributed by atoms with Crippen molar-refractivity contribution in [1.82, 2.24) is 10.6 Å². The largest absolute Gasteiger partial charge is 0.477 e. The van der Waals surface area contributed by atoms with Crippen LogP contribution in [0.2, 0.25) is 0 Å². The van der Waals surface area contributed by atoms with E-state index in [2.05, 4.69) is 24.5 Å². The first kappa shape index (κ1) is 85.0. The molecule has 23 nitrogen and oxygen atoms in total. The Balaban J connectivity index is 1.54. The van der Waals surface area contributed by atoms with Crippen LogP contribution in [0, 0.1) is 0 Å². The van der Waals surface area contributed by atoms with Gasteiger partial charge in [0.1, 0.15) is 67.1 Å². The van der Waals surface area contributed by atoms with E-state index in [1.807, 2.05) is 0 Å². The molecule has 93 heavy (non-hydrogen) atoms. The third-order valence-corrected chi connectivity index (χ3v) is 19.1. The molecule has 3 heterocycles. The Morgan fingerprint density at radius 2 is 0.935 bits per heavy atom. The fourth-order valence-corrected chi connectivity index (χ4v) is 13.2. The van der Waals surface area contributed by atoms with Gasteiger partial charge in [-0.25, -0.2) is 4.79 Å². The second-order valence-electron chi connectivity index (χ2n) is 27.2. The predicted octanol–water partition coefficient (Wildman–Crippen LogP) is 7.68. The maximum Gasteiger partial charge on any atom is 0.364 e. The van der Waals surface area contributed by atoms with Gasteiger partial charge in [0.2, 0.25) is 11.8 Å². The number of carboxylic acids is 1. The predicted molar refractivity (Wildman–Crippen MR) is 352 cm³/mol. The highest BCUT2D eigenvalue weighted by Crippen LogP contribution is 2.39. The van der Waals surface area contributed by atoms with E-state index < -0.39 is 148 Å². The van der Waals surface area contributed by atoms with E-state index in [9.17, 15) is 75.7 Å². The number of aliphatic carboxylic acids is 1. The molecule has 3 aliphatic heterocycles. The summed E-state index contributed by atoms with van der Waals surface area (Å²) >= 11 is 0. The lowest BCUT2D eigenvalue weighted by Crippen LogP contribution is -2.70. The van der Waals surface area contributed by atoms with Crippen LogP contribution in [-0.4, -0.2) is 215 Å². The summed E-state index contributed by atoms with van der Waals surface area (Å²) in [6, 6.07) is -2.52. The van der Waals surface area contributed by atoms with Gasteiger partial charge in [-0.1, -0.05) is 258 Å². The first-order chi connectivity index (χ1) is 44.9. The van der Waals surface area contributed by atoms with Crippen molar-refractivity contribution in [2.45, 2.75) is 400 Å². The third kappa shape index (κ3) is 33.0. The van der Waals surface area contributed by atoms with Crippen molar-refractivity contribution in [2.24, 2.45) is 0 Å². The van der Waals surface area contributed by atoms with Crippen LogP contribution in [0.5, 0.6) is 0 Å². The fourth-order valence-electron chi connectivity index (χ4n) is 13.2. The molecular weight excluding hydrogens is 1200 g/mol. The Hall–Kier alpha value is -2.27. The number of rotatable bonds is 57. The summed E-state index contributed by atoms with van der Waals surface area (Å²) in [5.74, 6) is -6.09. The summed E-state index contributed by atoms with van der Waals surface area (Å²) in [6.07, 6.45) is 19.6. The number of amides is 2. The number of nitrogens with one attached hydrogen (secondary N) is 2. The Morgan fingerprint density at radius 1 is 0.516 bits per heavy atom. The lowest BCUT2D eigenvalue weighted by molar-refractivity contribution is -0.386. The third-order valence-electron chi connectivity index (χ3n) is 19.1. The molecular formula is C70H132N2O21. The van der Waals surface area contributed by atoms with E-state index in [1.54, 1.807) is 0 Å². The zero-order valence-corrected chi connectivity index (χ0v) is 57.4. The van der Waals surface area contributed by atoms with Crippen LogP contribution in [0.1, 0.15) is 290 Å². The molecule has 0 aromatic carbocycles. The minimum Gasteiger partial charge on any atom is -0.477 e. The van der Waals surface area contributed by atoms with Gasteiger partial charge in [-0.2, -0.15) is 0 Å². The molecule has 3 aliphatic rings. The molecule has 0 spiro atoms. The monoisotopic (exact) mass is 1340 g/mol. The molecule has 18 atom stereocenters. The van der Waals surface area contributed by atoms with Crippen LogP contribution in [0.4, 0.5) is 0 Å². The highest BCUT2D eigenvalue weighted by Gasteiger charge is 2.60. The highest BCUT2D eigenvalue weighted by molar-refractivity contribution is 5.77. The van der Waals surface area contributed by atoms with Gasteiger partial charge in [0.15, 0.2) is 12.6 Å². The molecule has 14 N–H and O–H groups in total. The first-order valence-corrected chi connectivity index (χ1v) is 36.9. The van der Waals surface area contributed by atoms with Gasteiger partial charge in [-0.3, -0.25) is 9.59 Å². The van der Waals surface area contributed by atoms with Gasteiger partial charge in [0.25, 0.3) is 5.79 Å². The topological polar surface area (TPSA) is 373 Å². The number of hydrogen-bond acceptors (Lipinski definition) is 20. The van der Waals surface area contributed by atoms with Crippen molar-refractivity contribution < 1.29 is 104 Å². The summed E-state index contributed by atoms with van der Waals surface area (Å²) in [7, 11) is 0. The van der Waals surface area contributed by atoms with E-state index in [0.29, 0.717) is 19.3 Å². The van der Waals surface area contributed by atoms with E-state index in [-0.39, 0.29) is 18.9 Å². The van der Waals surface area contributed by atoms with Gasteiger partial charge in [0.05, 0.1) is 50.7 Å². The molecule has 0 aliphatic carbocycles. The summed E-state index contributed by atoms with van der Waals surface area (Å²) < 4.78 is 34.9. The summed E-state index contributed by atoms with van der Waals surface area (Å²) in [4.78, 5) is 38.6. The SMILES string of the molecule is CCCCCCCCCCCCCCCCCCCCCCCCCCC(=O)NC(COC1OC(CO)C(OC2OC(CO)C(O)C(OC3(C(=O)O)CC(O)C(NC(C)=O)C(C(O)C(O)CO)O3)C2O)C(O)C1O)C(O)CCCCCCCCCCCCCCCCC. The number of carbonyl (C=O) groups excluding carboxylic acids is 2. The molecule has 0 aromatic rings. The van der Waals surface area contributed by atoms with Crippen molar-refractivity contribution in [3.05, 3.63) is 0 Å². The van der Waals surface area contributed by atoms with Crippen molar-refractivity contribution >= 4 is 17.8 Å². The van der Waals surface area contributed by atoms with Crippen molar-refractivity contribution in [2.75, 3.05) is 26.4 Å². The smallest absolute Gasteiger partial charge is 0.364 e. The lowest BCUT2D eigenvalue weighted by Gasteiger charge is -2.50. The van der Waals surface area contributed by atoms with Crippen LogP contribution in [0.15, 0.2) is 0 Å². The number of aliphatic hydroxyl groups is 11. The van der Waals surface area contributed by atoms with Crippen molar-refractivity contribution in [3.8, 4) is 0 Å². The van der Waals surface area contributed by atoms with Gasteiger partial charge >= 0.3 is 5.97 Å². The van der Waals surface area contributed by atoms with Gasteiger partial charge in [0, 0.05) is 19.8 Å². The molecule has 2 amide bonds. The summed E-state index contributed by atoms with van der Waals surface area (Å²) in [5, 5.41) is 136. The van der Waals surface area contributed by atoms with Crippen LogP contribution in [0.3, 0.4) is 0 Å². The maximum atomic E-state index is 13.5. The molecule has 0 aromatic heterocycles. The minimum atomic E-state index is -3.08. The van der Waals surface area contributed by atoms with Crippen LogP contribution < -0.4 is 10.6 Å². The van der Waals surface area contributed by atoms with Crippen LogP contribution in [-0.2, 0) is 42.8 Å². The normalized spacial score (nSPS) is 28.0. The Labute approximate surface area is 557 Å². The maximum absolute atomic E-state index is 13.5. The zero-order chi connectivity index (χ0) is 68.2. The standard InChI is InChI=1S/C70H132N2O21/c1-4-6-8-10-12-14-16-18-20-21-22-23-24-25-26-27-28-30-32-34-36-38-40-42-44-57(80)72-51(52(77)43-41-39-37-35-33-31-29-19-17-15-13-11-9-7-5-2)49-88-67-62(84)61(83)64(56(48-75)90-67)91-68-63(85)66(60(82)55(47-74)89-68)93-70(69(86)87)45-53(78)58(71-50(3)76)65(92-70)59(81)54(79)46-73/h51-56,58-68,73-75,77-79,81-85H,4-49H2,1-3H3,(H,71,76)(H,72,80)(H,86,87). The number of hydrogen-bond donors (Lipinski definition) is 14. The first-order valence-electron chi connectivity index (χ1n) is 36.9. The number of unbranched alkanes of at least 4 members (excludes halogenated alkanes) is 37. The number of carbonyl (C=O) groups is 3. The number of carboxylic acid groups (broad SMARTS) is 1. The molecule has 548 valence electrons. The van der Waals surface area contributed by atoms with Crippen LogP contribution in [0.25, 0.3) is 0 Å². The molecule has 18 unspecified atom stereocenters. The van der Waals surface area contributed by atoms with Crippen LogP contribution >= 0.6 is 0 Å². The molecule has 3 rings (SSSR count). The van der Waals surface area contributed by atoms with E-state index in [1.165, 1.54) is 193 Å². The van der Waals surface area contributed by atoms with Gasteiger partial charge < -0.3 is 100 Å². The molecule has 0 saturated carbocycles. The Morgan fingerprint density at radius 3 is 1.34 bits per heavy atom. The molecule has 3 fully saturated rings. The van der Waals surface area contributed by atoms with Gasteiger partial charge in [-0.05, 0) is 12.8 Å². The Bertz CT molecular complexity index is 1880. The second kappa shape index (κ2) is 51.0. The molecule has 3 saturated heterocycles. The molecule has 0 bridgehead atoms. The second-order valence-corrected chi connectivity index (χ2v) is 27.2. The summed E-state index contributed by atoms with van der Waals surface area (Å²) in [6.45, 7) is 2.24. The number of aliphatic hydroxyl groups excluding tert-OH is 11. The highest BCUT2D eigenvalue weighted by atomic mass is 16.8. The lowest BCUT2D eigenvalue weighted by atomic mass is 9.88. The average Bonchev–Trinajstić information content (AvgIpc) is 0.833. The molecule has 23 heteroatoms. The van der Waals surface area contributed by atoms with E-state index >= 15 is 0 Å². The Kier molecular flexibility index (Phi) is 46.6. The summed E-state index contributed by atoms with van der Waals surface area (Å²) in [5.41, 5.74) is 0. The number of ether oxygens (including phenoxy) is 6. The zero-order valence-electron chi connectivity index (χ0n) is 57.4. The van der Waals surface area contributed by atoms with Gasteiger partial charge in [-0.15, -0.1) is 0 Å². The fraction of sp³-hybridized carbons (Fsp3) is 0.957. The average molecular weight is 1340 g/mol. The van der Waals surface area contributed by atoms with Crippen molar-refractivity contribution in [3.63, 3.8) is 0 Å². The molecule has 0 radical (unpaired) electrons. The van der Waals surface area contributed by atoms with E-state index in [0.717, 1.165) is 51.9 Å². The quantitative estimate of drug-likeness (QED) is 0.0260.